The first-order chi connectivity index (χ1) is 11.4. The maximum Gasteiger partial charge on any atom is 0.283 e. The van der Waals surface area contributed by atoms with Crippen LogP contribution in [0.3, 0.4) is 0 Å². The number of imide groups is 1. The highest BCUT2D eigenvalue weighted by Gasteiger charge is 2.38. The number of carbonyl (C=O) groups is 2. The SMILES string of the molecule is Cc1cc(C)cc(NC2=C(Cl)C(=O)N(c3cccc(C)c3)C2=O)c1. The number of aryl methyl sites for hydroxylation is 3. The molecule has 0 spiro atoms. The third-order valence-electron chi connectivity index (χ3n) is 3.78. The second-order valence-corrected chi connectivity index (χ2v) is 6.35. The lowest BCUT2D eigenvalue weighted by Gasteiger charge is -2.15. The van der Waals surface area contributed by atoms with Gasteiger partial charge in [-0.25, -0.2) is 4.90 Å². The van der Waals surface area contributed by atoms with Crippen molar-refractivity contribution in [3.05, 3.63) is 69.9 Å². The molecule has 0 aromatic heterocycles. The molecule has 0 atom stereocenters. The van der Waals surface area contributed by atoms with Gasteiger partial charge in [-0.2, -0.15) is 0 Å². The van der Waals surface area contributed by atoms with Crippen LogP contribution in [0.1, 0.15) is 16.7 Å². The van der Waals surface area contributed by atoms with E-state index >= 15 is 0 Å². The average molecular weight is 341 g/mol. The van der Waals surface area contributed by atoms with E-state index in [9.17, 15) is 9.59 Å². The Kier molecular flexibility index (Phi) is 4.16. The van der Waals surface area contributed by atoms with Crippen LogP contribution in [0.4, 0.5) is 11.4 Å². The molecule has 24 heavy (non-hydrogen) atoms. The topological polar surface area (TPSA) is 49.4 Å². The summed E-state index contributed by atoms with van der Waals surface area (Å²) in [6.45, 7) is 5.84. The highest BCUT2D eigenvalue weighted by Crippen LogP contribution is 2.30. The summed E-state index contributed by atoms with van der Waals surface area (Å²) in [7, 11) is 0. The van der Waals surface area contributed by atoms with Gasteiger partial charge in [-0.15, -0.1) is 0 Å². The summed E-state index contributed by atoms with van der Waals surface area (Å²) >= 11 is 6.14. The standard InChI is InChI=1S/C19H17ClN2O2/c1-11-5-4-6-15(10-11)22-18(23)16(20)17(19(22)24)21-14-8-12(2)7-13(3)9-14/h4-10,21H,1-3H3. The van der Waals surface area contributed by atoms with Crippen molar-refractivity contribution in [3.63, 3.8) is 0 Å². The number of amides is 2. The molecule has 1 aliphatic rings. The lowest BCUT2D eigenvalue weighted by molar-refractivity contribution is -0.120. The molecule has 2 aromatic carbocycles. The zero-order chi connectivity index (χ0) is 17.4. The molecule has 0 saturated carbocycles. The van der Waals surface area contributed by atoms with E-state index < -0.39 is 11.8 Å². The van der Waals surface area contributed by atoms with Gasteiger partial charge in [-0.1, -0.05) is 29.8 Å². The summed E-state index contributed by atoms with van der Waals surface area (Å²) in [4.78, 5) is 26.2. The highest BCUT2D eigenvalue weighted by atomic mass is 35.5. The van der Waals surface area contributed by atoms with Gasteiger partial charge in [0.05, 0.1) is 5.69 Å². The third kappa shape index (κ3) is 2.93. The molecule has 2 amide bonds. The van der Waals surface area contributed by atoms with E-state index in [1.54, 1.807) is 18.2 Å². The number of hydrogen-bond donors (Lipinski definition) is 1. The van der Waals surface area contributed by atoms with Crippen molar-refractivity contribution in [2.75, 3.05) is 10.2 Å². The molecule has 0 bridgehead atoms. The Morgan fingerprint density at radius 1 is 0.875 bits per heavy atom. The number of nitrogens with one attached hydrogen (secondary N) is 1. The largest absolute Gasteiger partial charge is 0.350 e. The summed E-state index contributed by atoms with van der Waals surface area (Å²) in [6.07, 6.45) is 0. The molecule has 0 unspecified atom stereocenters. The van der Waals surface area contributed by atoms with Crippen LogP contribution in [0, 0.1) is 20.8 Å². The second-order valence-electron chi connectivity index (χ2n) is 5.98. The predicted octanol–water partition coefficient (Wildman–Crippen LogP) is 4.05. The van der Waals surface area contributed by atoms with Gasteiger partial charge < -0.3 is 5.32 Å². The van der Waals surface area contributed by atoms with E-state index in [1.807, 2.05) is 45.0 Å². The number of nitrogens with zero attached hydrogens (tertiary/aromatic N) is 1. The van der Waals surface area contributed by atoms with Crippen molar-refractivity contribution in [3.8, 4) is 0 Å². The monoisotopic (exact) mass is 340 g/mol. The zero-order valence-electron chi connectivity index (χ0n) is 13.7. The third-order valence-corrected chi connectivity index (χ3v) is 4.13. The molecule has 1 heterocycles. The van der Waals surface area contributed by atoms with Gasteiger partial charge in [0.25, 0.3) is 11.8 Å². The van der Waals surface area contributed by atoms with E-state index in [2.05, 4.69) is 5.32 Å². The normalized spacial score (nSPS) is 14.6. The number of hydrogen-bond acceptors (Lipinski definition) is 3. The van der Waals surface area contributed by atoms with Crippen LogP contribution in [0.15, 0.2) is 53.2 Å². The van der Waals surface area contributed by atoms with Crippen LogP contribution in [-0.2, 0) is 9.59 Å². The minimum Gasteiger partial charge on any atom is -0.350 e. The van der Waals surface area contributed by atoms with E-state index in [4.69, 9.17) is 11.6 Å². The maximum absolute atomic E-state index is 12.7. The molecule has 5 heteroatoms. The van der Waals surface area contributed by atoms with Gasteiger partial charge in [0.1, 0.15) is 10.7 Å². The summed E-state index contributed by atoms with van der Waals surface area (Å²) in [5.41, 5.74) is 4.42. The van der Waals surface area contributed by atoms with Crippen molar-refractivity contribution in [1.82, 2.24) is 0 Å². The van der Waals surface area contributed by atoms with Crippen LogP contribution in [0.5, 0.6) is 0 Å². The number of anilines is 2. The Balaban J connectivity index is 1.94. The summed E-state index contributed by atoms with van der Waals surface area (Å²) in [6, 6.07) is 13.0. The molecule has 3 rings (SSSR count). The molecule has 122 valence electrons. The second kappa shape index (κ2) is 6.13. The Morgan fingerprint density at radius 2 is 1.54 bits per heavy atom. The van der Waals surface area contributed by atoms with Gasteiger partial charge in [-0.3, -0.25) is 9.59 Å². The Morgan fingerprint density at radius 3 is 2.17 bits per heavy atom. The van der Waals surface area contributed by atoms with Crippen molar-refractivity contribution >= 4 is 34.8 Å². The molecular weight excluding hydrogens is 324 g/mol. The molecule has 4 nitrogen and oxygen atoms in total. The lowest BCUT2D eigenvalue weighted by Crippen LogP contribution is -2.32. The fraction of sp³-hybridized carbons (Fsp3) is 0.158. The summed E-state index contributed by atoms with van der Waals surface area (Å²) in [5, 5.41) is 2.91. The smallest absolute Gasteiger partial charge is 0.283 e. The molecule has 0 radical (unpaired) electrons. The van der Waals surface area contributed by atoms with Crippen molar-refractivity contribution in [1.29, 1.82) is 0 Å². The molecule has 0 fully saturated rings. The van der Waals surface area contributed by atoms with Gasteiger partial charge in [0.2, 0.25) is 0 Å². The number of carbonyl (C=O) groups excluding carboxylic acids is 2. The number of benzene rings is 2. The van der Waals surface area contributed by atoms with Crippen molar-refractivity contribution < 1.29 is 9.59 Å². The van der Waals surface area contributed by atoms with Crippen LogP contribution < -0.4 is 10.2 Å². The molecule has 1 aliphatic heterocycles. The van der Waals surface area contributed by atoms with Crippen LogP contribution in [0.25, 0.3) is 0 Å². The summed E-state index contributed by atoms with van der Waals surface area (Å²) in [5.74, 6) is -0.964. The first kappa shape index (κ1) is 16.3. The van der Waals surface area contributed by atoms with Gasteiger partial charge >= 0.3 is 0 Å². The Hall–Kier alpha value is -2.59. The average Bonchev–Trinajstić information content (AvgIpc) is 2.70. The van der Waals surface area contributed by atoms with E-state index in [-0.39, 0.29) is 10.7 Å². The van der Waals surface area contributed by atoms with Crippen LogP contribution in [0.2, 0.25) is 0 Å². The van der Waals surface area contributed by atoms with Crippen LogP contribution >= 0.6 is 11.6 Å². The first-order valence-electron chi connectivity index (χ1n) is 7.57. The maximum atomic E-state index is 12.7. The highest BCUT2D eigenvalue weighted by molar-refractivity contribution is 6.53. The molecule has 2 aromatic rings. The van der Waals surface area contributed by atoms with E-state index in [0.717, 1.165) is 27.3 Å². The minimum atomic E-state index is -0.515. The Bertz CT molecular complexity index is 866. The fourth-order valence-corrected chi connectivity index (χ4v) is 3.02. The predicted molar refractivity (Wildman–Crippen MR) is 96.1 cm³/mol. The van der Waals surface area contributed by atoms with E-state index in [0.29, 0.717) is 5.69 Å². The lowest BCUT2D eigenvalue weighted by atomic mass is 10.1. The van der Waals surface area contributed by atoms with Crippen LogP contribution in [-0.4, -0.2) is 11.8 Å². The van der Waals surface area contributed by atoms with Crippen molar-refractivity contribution in [2.24, 2.45) is 0 Å². The summed E-state index contributed by atoms with van der Waals surface area (Å²) < 4.78 is 0. The molecular formula is C19H17ClN2O2. The zero-order valence-corrected chi connectivity index (χ0v) is 14.4. The molecule has 0 aliphatic carbocycles. The van der Waals surface area contributed by atoms with E-state index in [1.165, 1.54) is 0 Å². The first-order valence-corrected chi connectivity index (χ1v) is 7.95. The molecule has 0 saturated heterocycles. The Labute approximate surface area is 145 Å². The minimum absolute atomic E-state index is 0.0966. The number of rotatable bonds is 3. The van der Waals surface area contributed by atoms with Gasteiger partial charge in [0, 0.05) is 5.69 Å². The van der Waals surface area contributed by atoms with Crippen molar-refractivity contribution in [2.45, 2.75) is 20.8 Å². The fourth-order valence-electron chi connectivity index (χ4n) is 2.80. The number of halogens is 1. The quantitative estimate of drug-likeness (QED) is 0.858. The molecule has 1 N–H and O–H groups in total. The van der Waals surface area contributed by atoms with Gasteiger partial charge in [-0.05, 0) is 61.7 Å². The van der Waals surface area contributed by atoms with Gasteiger partial charge in [0.15, 0.2) is 0 Å².